The van der Waals surface area contributed by atoms with Gasteiger partial charge in [-0.2, -0.15) is 14.9 Å². The predicted molar refractivity (Wildman–Crippen MR) is 98.6 cm³/mol. The van der Waals surface area contributed by atoms with E-state index in [0.29, 0.717) is 12.3 Å². The predicted octanol–water partition coefficient (Wildman–Crippen LogP) is 3.07. The maximum atomic E-state index is 12.0. The van der Waals surface area contributed by atoms with Crippen molar-refractivity contribution in [3.63, 3.8) is 0 Å². The molecule has 0 amide bonds. The molecule has 3 aromatic rings. The zero-order valence-corrected chi connectivity index (χ0v) is 14.4. The summed E-state index contributed by atoms with van der Waals surface area (Å²) >= 11 is 5.03. The van der Waals surface area contributed by atoms with E-state index in [-0.39, 0.29) is 10.3 Å². The van der Waals surface area contributed by atoms with E-state index in [2.05, 4.69) is 15.3 Å². The molecule has 0 saturated carbocycles. The van der Waals surface area contributed by atoms with Gasteiger partial charge in [0.05, 0.1) is 6.21 Å². The van der Waals surface area contributed by atoms with Crippen molar-refractivity contribution in [1.82, 2.24) is 14.9 Å². The van der Waals surface area contributed by atoms with E-state index in [1.54, 1.807) is 13.1 Å². The molecule has 25 heavy (non-hydrogen) atoms. The summed E-state index contributed by atoms with van der Waals surface area (Å²) in [5, 5.41) is 10.5. The van der Waals surface area contributed by atoms with Gasteiger partial charge in [0, 0.05) is 0 Å². The number of nitrogens with one attached hydrogen (secondary N) is 1. The minimum atomic E-state index is -0.345. The Hall–Kier alpha value is -3.06. The zero-order valence-electron chi connectivity index (χ0n) is 13.5. The Bertz CT molecular complexity index is 992. The molecule has 3 rings (SSSR count). The fourth-order valence-electron chi connectivity index (χ4n) is 2.09. The monoisotopic (exact) mass is 352 g/mol. The van der Waals surface area contributed by atoms with Gasteiger partial charge in [0.2, 0.25) is 4.77 Å². The molecule has 0 spiro atoms. The van der Waals surface area contributed by atoms with E-state index >= 15 is 0 Å². The second kappa shape index (κ2) is 7.67. The highest BCUT2D eigenvalue weighted by atomic mass is 32.1. The van der Waals surface area contributed by atoms with Crippen LogP contribution in [0.5, 0.6) is 5.75 Å². The first kappa shape index (κ1) is 16.8. The average Bonchev–Trinajstić information content (AvgIpc) is 2.65. The van der Waals surface area contributed by atoms with Crippen molar-refractivity contribution < 1.29 is 4.74 Å². The summed E-state index contributed by atoms with van der Waals surface area (Å²) in [5.74, 6) is 0.759. The summed E-state index contributed by atoms with van der Waals surface area (Å²) in [7, 11) is 0. The number of aryl methyl sites for hydroxylation is 1. The Morgan fingerprint density at radius 3 is 2.64 bits per heavy atom. The van der Waals surface area contributed by atoms with E-state index in [0.717, 1.165) is 21.6 Å². The third-order valence-corrected chi connectivity index (χ3v) is 3.73. The van der Waals surface area contributed by atoms with Gasteiger partial charge in [-0.25, -0.2) is 0 Å². The van der Waals surface area contributed by atoms with Crippen molar-refractivity contribution >= 4 is 18.4 Å². The van der Waals surface area contributed by atoms with Gasteiger partial charge in [-0.15, -0.1) is 0 Å². The Morgan fingerprint density at radius 1 is 1.20 bits per heavy atom. The van der Waals surface area contributed by atoms with Crippen molar-refractivity contribution in [3.05, 3.63) is 86.5 Å². The molecule has 0 bridgehead atoms. The molecular weight excluding hydrogens is 336 g/mol. The summed E-state index contributed by atoms with van der Waals surface area (Å²) in [4.78, 5) is 12.0. The largest absolute Gasteiger partial charge is 0.489 e. The minimum absolute atomic E-state index is 0.148. The van der Waals surface area contributed by atoms with E-state index in [1.807, 2.05) is 54.6 Å². The molecule has 1 N–H and O–H groups in total. The molecular formula is C18H16N4O2S. The van der Waals surface area contributed by atoms with E-state index in [9.17, 15) is 4.79 Å². The Balaban J connectivity index is 1.70. The van der Waals surface area contributed by atoms with Crippen LogP contribution in [-0.2, 0) is 6.61 Å². The summed E-state index contributed by atoms with van der Waals surface area (Å²) in [6.07, 6.45) is 1.56. The lowest BCUT2D eigenvalue weighted by molar-refractivity contribution is 0.306. The quantitative estimate of drug-likeness (QED) is 0.566. The normalized spacial score (nSPS) is 10.9. The van der Waals surface area contributed by atoms with Gasteiger partial charge in [-0.3, -0.25) is 9.89 Å². The minimum Gasteiger partial charge on any atom is -0.489 e. The molecule has 0 fully saturated rings. The summed E-state index contributed by atoms with van der Waals surface area (Å²) in [6, 6.07) is 17.4. The molecule has 6 nitrogen and oxygen atoms in total. The number of H-pyrrole nitrogens is 1. The van der Waals surface area contributed by atoms with Gasteiger partial charge >= 0.3 is 0 Å². The fourth-order valence-corrected chi connectivity index (χ4v) is 2.27. The molecule has 0 aliphatic carbocycles. The molecule has 0 radical (unpaired) electrons. The molecule has 0 unspecified atom stereocenters. The molecule has 2 aromatic carbocycles. The van der Waals surface area contributed by atoms with Gasteiger partial charge in [0.1, 0.15) is 18.1 Å². The first-order valence-electron chi connectivity index (χ1n) is 7.63. The Kier molecular flexibility index (Phi) is 5.15. The molecule has 0 aliphatic heterocycles. The van der Waals surface area contributed by atoms with Crippen LogP contribution in [0.1, 0.15) is 16.8 Å². The second-order valence-electron chi connectivity index (χ2n) is 5.32. The molecule has 1 heterocycles. The average molecular weight is 352 g/mol. The Morgan fingerprint density at radius 2 is 1.92 bits per heavy atom. The summed E-state index contributed by atoms with van der Waals surface area (Å²) in [6.45, 7) is 2.10. The fraction of sp³-hybridized carbons (Fsp3) is 0.111. The topological polar surface area (TPSA) is 72.3 Å². The summed E-state index contributed by atoms with van der Waals surface area (Å²) in [5.41, 5.74) is 1.89. The first-order chi connectivity index (χ1) is 12.1. The van der Waals surface area contributed by atoms with Gasteiger partial charge in [-0.05, 0) is 54.5 Å². The van der Waals surface area contributed by atoms with Crippen LogP contribution in [0.4, 0.5) is 0 Å². The first-order valence-corrected chi connectivity index (χ1v) is 8.04. The second-order valence-corrected chi connectivity index (χ2v) is 5.71. The number of ether oxygens (including phenoxy) is 1. The maximum absolute atomic E-state index is 12.0. The number of aromatic nitrogens is 3. The highest BCUT2D eigenvalue weighted by molar-refractivity contribution is 7.71. The van der Waals surface area contributed by atoms with Gasteiger partial charge in [-0.1, -0.05) is 30.3 Å². The number of nitrogens with zero attached hydrogens (tertiary/aromatic N) is 3. The lowest BCUT2D eigenvalue weighted by atomic mass is 10.2. The maximum Gasteiger partial charge on any atom is 0.296 e. The number of rotatable bonds is 5. The number of hydrogen-bond donors (Lipinski definition) is 1. The zero-order chi connectivity index (χ0) is 17.6. The van der Waals surface area contributed by atoms with Crippen LogP contribution < -0.4 is 10.3 Å². The van der Waals surface area contributed by atoms with Gasteiger partial charge < -0.3 is 4.74 Å². The van der Waals surface area contributed by atoms with Crippen LogP contribution in [0.2, 0.25) is 0 Å². The van der Waals surface area contributed by atoms with Crippen LogP contribution in [-0.4, -0.2) is 21.1 Å². The highest BCUT2D eigenvalue weighted by Gasteiger charge is 2.01. The van der Waals surface area contributed by atoms with Crippen LogP contribution in [0, 0.1) is 11.7 Å². The van der Waals surface area contributed by atoms with Crippen molar-refractivity contribution in [1.29, 1.82) is 0 Å². The Labute approximate surface area is 149 Å². The van der Waals surface area contributed by atoms with Crippen molar-refractivity contribution in [3.8, 4) is 5.75 Å². The molecule has 126 valence electrons. The molecule has 7 heteroatoms. The number of benzene rings is 2. The molecule has 1 aromatic heterocycles. The van der Waals surface area contributed by atoms with E-state index in [1.165, 1.54) is 0 Å². The standard InChI is InChI=1S/C18H16N4O2S/c1-13-17(23)22(18(25)21-20-13)19-11-14-7-9-16(10-8-14)24-12-15-5-3-2-4-6-15/h2-11H,12H2,1H3,(H,21,25)/b19-11+. The third-order valence-electron chi connectivity index (χ3n) is 3.46. The highest BCUT2D eigenvalue weighted by Crippen LogP contribution is 2.13. The lowest BCUT2D eigenvalue weighted by Crippen LogP contribution is -2.22. The SMILES string of the molecule is Cc1n[nH]c(=S)n(/N=C/c2ccc(OCc3ccccc3)cc2)c1=O. The van der Waals surface area contributed by atoms with Crippen molar-refractivity contribution in [2.24, 2.45) is 5.10 Å². The van der Waals surface area contributed by atoms with Crippen molar-refractivity contribution in [2.45, 2.75) is 13.5 Å². The van der Waals surface area contributed by atoms with Crippen LogP contribution >= 0.6 is 12.2 Å². The molecule has 0 aliphatic rings. The van der Waals surface area contributed by atoms with E-state index < -0.39 is 0 Å². The molecule has 0 atom stereocenters. The smallest absolute Gasteiger partial charge is 0.296 e. The number of hydrogen-bond acceptors (Lipinski definition) is 5. The summed E-state index contributed by atoms with van der Waals surface area (Å²) < 4.78 is 6.99. The van der Waals surface area contributed by atoms with E-state index in [4.69, 9.17) is 17.0 Å². The van der Waals surface area contributed by atoms with Crippen molar-refractivity contribution in [2.75, 3.05) is 0 Å². The molecule has 0 saturated heterocycles. The number of aromatic amines is 1. The van der Waals surface area contributed by atoms with Crippen LogP contribution in [0.15, 0.2) is 64.5 Å². The van der Waals surface area contributed by atoms with Crippen LogP contribution in [0.3, 0.4) is 0 Å². The third kappa shape index (κ3) is 4.27. The van der Waals surface area contributed by atoms with Gasteiger partial charge in [0.15, 0.2) is 0 Å². The lowest BCUT2D eigenvalue weighted by Gasteiger charge is -2.06. The van der Waals surface area contributed by atoms with Gasteiger partial charge in [0.25, 0.3) is 5.56 Å². The van der Waals surface area contributed by atoms with Crippen LogP contribution in [0.25, 0.3) is 0 Å².